The number of hydrogen-bond donors (Lipinski definition) is 1. The van der Waals surface area contributed by atoms with Gasteiger partial charge in [-0.2, -0.15) is 5.26 Å². The van der Waals surface area contributed by atoms with E-state index in [4.69, 9.17) is 10.00 Å². The third-order valence-corrected chi connectivity index (χ3v) is 4.37. The Hall–Kier alpha value is -1.53. The lowest BCUT2D eigenvalue weighted by molar-refractivity contribution is -0.0767. The number of benzene rings is 1. The van der Waals surface area contributed by atoms with Crippen molar-refractivity contribution in [3.63, 3.8) is 0 Å². The van der Waals surface area contributed by atoms with Gasteiger partial charge in [0.25, 0.3) is 0 Å². The van der Waals surface area contributed by atoms with Crippen LogP contribution in [-0.2, 0) is 4.74 Å². The molecule has 1 aliphatic carbocycles. The maximum atomic E-state index is 8.94. The molecule has 1 saturated heterocycles. The highest BCUT2D eigenvalue weighted by Crippen LogP contribution is 2.40. The number of ether oxygens (including phenoxy) is 1. The summed E-state index contributed by atoms with van der Waals surface area (Å²) in [5.41, 5.74) is 1.91. The first-order chi connectivity index (χ1) is 9.30. The minimum Gasteiger partial charge on any atom is -0.382 e. The van der Waals surface area contributed by atoms with Crippen LogP contribution in [-0.4, -0.2) is 18.2 Å². The van der Waals surface area contributed by atoms with E-state index in [-0.39, 0.29) is 5.60 Å². The Morgan fingerprint density at radius 1 is 1.32 bits per heavy atom. The van der Waals surface area contributed by atoms with Gasteiger partial charge < -0.3 is 10.1 Å². The third-order valence-electron chi connectivity index (χ3n) is 4.37. The Morgan fingerprint density at radius 3 is 2.95 bits per heavy atom. The van der Waals surface area contributed by atoms with E-state index in [1.807, 2.05) is 24.3 Å². The lowest BCUT2D eigenvalue weighted by atomic mass is 9.89. The van der Waals surface area contributed by atoms with Gasteiger partial charge in [0.1, 0.15) is 0 Å². The molecule has 1 N–H and O–H groups in total. The number of hydrogen-bond acceptors (Lipinski definition) is 3. The number of rotatable bonds is 2. The van der Waals surface area contributed by atoms with Crippen LogP contribution in [0.25, 0.3) is 0 Å². The summed E-state index contributed by atoms with van der Waals surface area (Å²) >= 11 is 0. The van der Waals surface area contributed by atoms with Crippen molar-refractivity contribution in [3.8, 4) is 6.07 Å². The molecule has 0 amide bonds. The molecule has 1 atom stereocenters. The van der Waals surface area contributed by atoms with Gasteiger partial charge in [-0.1, -0.05) is 18.9 Å². The molecule has 1 unspecified atom stereocenters. The maximum Gasteiger partial charge on any atom is 0.0992 e. The molecule has 2 fully saturated rings. The molecule has 1 aromatic carbocycles. The van der Waals surface area contributed by atoms with Crippen molar-refractivity contribution in [2.24, 2.45) is 0 Å². The Morgan fingerprint density at radius 2 is 2.16 bits per heavy atom. The monoisotopic (exact) mass is 256 g/mol. The second kappa shape index (κ2) is 5.22. The standard InChI is InChI=1S/C16H20N2O/c17-12-13-4-3-5-14(10-13)18-15-6-9-19-16(11-15)7-1-2-8-16/h3-5,10,15,18H,1-2,6-9,11H2. The summed E-state index contributed by atoms with van der Waals surface area (Å²) in [6, 6.07) is 10.4. The molecular formula is C16H20N2O. The fourth-order valence-electron chi connectivity index (χ4n) is 3.43. The van der Waals surface area contributed by atoms with Gasteiger partial charge in [-0.25, -0.2) is 0 Å². The Bertz CT molecular complexity index is 486. The van der Waals surface area contributed by atoms with Crippen molar-refractivity contribution in [2.75, 3.05) is 11.9 Å². The smallest absolute Gasteiger partial charge is 0.0992 e. The predicted molar refractivity (Wildman–Crippen MR) is 75.0 cm³/mol. The molecule has 0 radical (unpaired) electrons. The third kappa shape index (κ3) is 2.74. The van der Waals surface area contributed by atoms with Crippen molar-refractivity contribution in [1.82, 2.24) is 0 Å². The molecule has 1 heterocycles. The van der Waals surface area contributed by atoms with Crippen molar-refractivity contribution in [1.29, 1.82) is 5.26 Å². The average Bonchev–Trinajstić information content (AvgIpc) is 2.87. The zero-order valence-corrected chi connectivity index (χ0v) is 11.2. The molecule has 3 rings (SSSR count). The largest absolute Gasteiger partial charge is 0.382 e. The van der Waals surface area contributed by atoms with Crippen molar-refractivity contribution in [3.05, 3.63) is 29.8 Å². The van der Waals surface area contributed by atoms with Crippen LogP contribution < -0.4 is 5.32 Å². The fourth-order valence-corrected chi connectivity index (χ4v) is 3.43. The van der Waals surface area contributed by atoms with E-state index in [1.165, 1.54) is 25.7 Å². The van der Waals surface area contributed by atoms with Gasteiger partial charge in [0.05, 0.1) is 17.2 Å². The molecule has 1 aliphatic heterocycles. The van der Waals surface area contributed by atoms with Crippen LogP contribution in [0.15, 0.2) is 24.3 Å². The number of nitrogens with one attached hydrogen (secondary N) is 1. The second-order valence-electron chi connectivity index (χ2n) is 5.77. The van der Waals surface area contributed by atoms with E-state index in [0.717, 1.165) is 25.1 Å². The van der Waals surface area contributed by atoms with Gasteiger partial charge in [-0.15, -0.1) is 0 Å². The van der Waals surface area contributed by atoms with Gasteiger partial charge >= 0.3 is 0 Å². The molecule has 1 spiro atoms. The van der Waals surface area contributed by atoms with E-state index in [1.54, 1.807) is 0 Å². The highest BCUT2D eigenvalue weighted by atomic mass is 16.5. The normalized spacial score (nSPS) is 25.1. The van der Waals surface area contributed by atoms with Gasteiger partial charge in [0, 0.05) is 18.3 Å². The van der Waals surface area contributed by atoms with Gasteiger partial charge in [-0.3, -0.25) is 0 Å². The van der Waals surface area contributed by atoms with Crippen LogP contribution in [0.2, 0.25) is 0 Å². The topological polar surface area (TPSA) is 45.0 Å². The van der Waals surface area contributed by atoms with Crippen LogP contribution in [0.3, 0.4) is 0 Å². The van der Waals surface area contributed by atoms with E-state index in [9.17, 15) is 0 Å². The minimum atomic E-state index is 0.142. The number of nitriles is 1. The molecule has 19 heavy (non-hydrogen) atoms. The van der Waals surface area contributed by atoms with E-state index < -0.39 is 0 Å². The Balaban J connectivity index is 1.67. The predicted octanol–water partition coefficient (Wildman–Crippen LogP) is 3.46. The molecule has 1 aromatic rings. The lowest BCUT2D eigenvalue weighted by Gasteiger charge is -2.39. The zero-order chi connectivity index (χ0) is 13.1. The summed E-state index contributed by atoms with van der Waals surface area (Å²) < 4.78 is 6.05. The number of nitrogens with zero attached hydrogens (tertiary/aromatic N) is 1. The molecule has 100 valence electrons. The highest BCUT2D eigenvalue weighted by molar-refractivity contribution is 5.49. The number of anilines is 1. The lowest BCUT2D eigenvalue weighted by Crippen LogP contribution is -2.42. The van der Waals surface area contributed by atoms with E-state index >= 15 is 0 Å². The fraction of sp³-hybridized carbons (Fsp3) is 0.562. The molecule has 0 aromatic heterocycles. The summed E-state index contributed by atoms with van der Waals surface area (Å²) in [5, 5.41) is 12.5. The van der Waals surface area contributed by atoms with Crippen LogP contribution in [0.5, 0.6) is 0 Å². The van der Waals surface area contributed by atoms with Crippen LogP contribution in [0.1, 0.15) is 44.1 Å². The second-order valence-corrected chi connectivity index (χ2v) is 5.77. The highest BCUT2D eigenvalue weighted by Gasteiger charge is 2.39. The first-order valence-corrected chi connectivity index (χ1v) is 7.20. The van der Waals surface area contributed by atoms with Gasteiger partial charge in [0.15, 0.2) is 0 Å². The van der Waals surface area contributed by atoms with E-state index in [0.29, 0.717) is 11.6 Å². The molecule has 3 nitrogen and oxygen atoms in total. The first-order valence-electron chi connectivity index (χ1n) is 7.20. The molecule has 0 bridgehead atoms. The maximum absolute atomic E-state index is 8.94. The zero-order valence-electron chi connectivity index (χ0n) is 11.2. The Kier molecular flexibility index (Phi) is 3.44. The average molecular weight is 256 g/mol. The summed E-state index contributed by atoms with van der Waals surface area (Å²) in [6.45, 7) is 0.857. The quantitative estimate of drug-likeness (QED) is 0.881. The van der Waals surface area contributed by atoms with Crippen LogP contribution >= 0.6 is 0 Å². The summed E-state index contributed by atoms with van der Waals surface area (Å²) in [7, 11) is 0. The van der Waals surface area contributed by atoms with E-state index in [2.05, 4.69) is 11.4 Å². The minimum absolute atomic E-state index is 0.142. The Labute approximate surface area is 114 Å². The summed E-state index contributed by atoms with van der Waals surface area (Å²) in [5.74, 6) is 0. The SMILES string of the molecule is N#Cc1cccc(NC2CCOC3(CCCC3)C2)c1. The van der Waals surface area contributed by atoms with Gasteiger partial charge in [0.2, 0.25) is 0 Å². The van der Waals surface area contributed by atoms with Crippen molar-refractivity contribution < 1.29 is 4.74 Å². The molecular weight excluding hydrogens is 236 g/mol. The molecule has 1 saturated carbocycles. The van der Waals surface area contributed by atoms with Gasteiger partial charge in [-0.05, 0) is 43.9 Å². The molecule has 3 heteroatoms. The van der Waals surface area contributed by atoms with Crippen LogP contribution in [0.4, 0.5) is 5.69 Å². The summed E-state index contributed by atoms with van der Waals surface area (Å²) in [4.78, 5) is 0. The first kappa shape index (κ1) is 12.5. The van der Waals surface area contributed by atoms with Crippen LogP contribution in [0, 0.1) is 11.3 Å². The molecule has 2 aliphatic rings. The van der Waals surface area contributed by atoms with Crippen molar-refractivity contribution in [2.45, 2.75) is 50.2 Å². The van der Waals surface area contributed by atoms with Crippen molar-refractivity contribution >= 4 is 5.69 Å². The summed E-state index contributed by atoms with van der Waals surface area (Å²) in [6.07, 6.45) is 7.18.